The number of benzene rings is 2. The Bertz CT molecular complexity index is 1100. The topological polar surface area (TPSA) is 82.6 Å². The van der Waals surface area contributed by atoms with Crippen molar-refractivity contribution in [3.05, 3.63) is 75.2 Å². The molecule has 1 aliphatic carbocycles. The molecular formula is C21H15NO5S. The highest BCUT2D eigenvalue weighted by atomic mass is 32.1. The van der Waals surface area contributed by atoms with Crippen LogP contribution in [0.25, 0.3) is 11.1 Å². The Balaban J connectivity index is 1.47. The summed E-state index contributed by atoms with van der Waals surface area (Å²) in [5.74, 6) is -1.15. The van der Waals surface area contributed by atoms with Gasteiger partial charge in [-0.2, -0.15) is 0 Å². The van der Waals surface area contributed by atoms with E-state index in [1.807, 2.05) is 18.2 Å². The SMILES string of the molecule is CCOC(=O)c1nc(COC(=O)c2ccc3c(c2)C(=O)c2ccccc2-3)cs1. The number of carbonyl (C=O) groups is 3. The van der Waals surface area contributed by atoms with E-state index in [1.165, 1.54) is 0 Å². The summed E-state index contributed by atoms with van der Waals surface area (Å²) in [5.41, 5.74) is 3.57. The summed E-state index contributed by atoms with van der Waals surface area (Å²) in [6.07, 6.45) is 0. The highest BCUT2D eigenvalue weighted by molar-refractivity contribution is 7.11. The lowest BCUT2D eigenvalue weighted by molar-refractivity contribution is 0.0468. The van der Waals surface area contributed by atoms with Gasteiger partial charge in [-0.15, -0.1) is 11.3 Å². The van der Waals surface area contributed by atoms with Crippen LogP contribution in [0.5, 0.6) is 0 Å². The number of carbonyl (C=O) groups excluding carboxylic acids is 3. The molecule has 0 bridgehead atoms. The van der Waals surface area contributed by atoms with E-state index < -0.39 is 11.9 Å². The van der Waals surface area contributed by atoms with Gasteiger partial charge in [-0.3, -0.25) is 4.79 Å². The minimum absolute atomic E-state index is 0.0694. The molecule has 0 saturated heterocycles. The Morgan fingerprint density at radius 3 is 2.50 bits per heavy atom. The number of ketones is 1. The Hall–Kier alpha value is -3.32. The molecule has 0 saturated carbocycles. The van der Waals surface area contributed by atoms with Crippen molar-refractivity contribution in [3.63, 3.8) is 0 Å². The van der Waals surface area contributed by atoms with E-state index in [4.69, 9.17) is 9.47 Å². The predicted octanol–water partition coefficient (Wildman–Crippen LogP) is 3.89. The molecule has 0 unspecified atom stereocenters. The van der Waals surface area contributed by atoms with Crippen LogP contribution in [0.1, 0.15) is 48.7 Å². The van der Waals surface area contributed by atoms with Gasteiger partial charge in [0.2, 0.25) is 5.01 Å². The molecule has 6 nitrogen and oxygen atoms in total. The number of aromatic nitrogens is 1. The summed E-state index contributed by atoms with van der Waals surface area (Å²) in [6.45, 7) is 1.91. The maximum absolute atomic E-state index is 12.6. The van der Waals surface area contributed by atoms with E-state index in [0.29, 0.717) is 22.4 Å². The van der Waals surface area contributed by atoms with E-state index in [1.54, 1.807) is 36.6 Å². The summed E-state index contributed by atoms with van der Waals surface area (Å²) >= 11 is 1.13. The van der Waals surface area contributed by atoms with Crippen LogP contribution in [-0.2, 0) is 16.1 Å². The number of hydrogen-bond acceptors (Lipinski definition) is 7. The second kappa shape index (κ2) is 7.36. The summed E-state index contributed by atoms with van der Waals surface area (Å²) in [5, 5.41) is 1.86. The van der Waals surface area contributed by atoms with Crippen LogP contribution in [-0.4, -0.2) is 29.3 Å². The third-order valence-corrected chi connectivity index (χ3v) is 5.19. The fraction of sp³-hybridized carbons (Fsp3) is 0.143. The van der Waals surface area contributed by atoms with Crippen molar-refractivity contribution in [2.24, 2.45) is 0 Å². The molecule has 0 aliphatic heterocycles. The monoisotopic (exact) mass is 393 g/mol. The minimum atomic E-state index is -0.558. The molecule has 1 heterocycles. The highest BCUT2D eigenvalue weighted by Crippen LogP contribution is 2.36. The zero-order valence-corrected chi connectivity index (χ0v) is 15.7. The average molecular weight is 393 g/mol. The first-order valence-corrected chi connectivity index (χ1v) is 9.53. The van der Waals surface area contributed by atoms with Crippen molar-refractivity contribution in [2.45, 2.75) is 13.5 Å². The molecule has 0 radical (unpaired) electrons. The van der Waals surface area contributed by atoms with Crippen LogP contribution < -0.4 is 0 Å². The summed E-state index contributed by atoms with van der Waals surface area (Å²) in [7, 11) is 0. The Kier molecular flexibility index (Phi) is 4.75. The molecule has 0 atom stereocenters. The molecule has 0 N–H and O–H groups in total. The number of fused-ring (bicyclic) bond motifs is 3. The van der Waals surface area contributed by atoms with Gasteiger partial charge in [0.25, 0.3) is 0 Å². The van der Waals surface area contributed by atoms with E-state index in [9.17, 15) is 14.4 Å². The molecular weight excluding hydrogens is 378 g/mol. The molecule has 1 aromatic heterocycles. The van der Waals surface area contributed by atoms with E-state index in [2.05, 4.69) is 4.98 Å². The molecule has 4 rings (SSSR count). The zero-order valence-electron chi connectivity index (χ0n) is 14.9. The van der Waals surface area contributed by atoms with E-state index in [0.717, 1.165) is 22.5 Å². The third kappa shape index (κ3) is 3.20. The fourth-order valence-corrected chi connectivity index (χ4v) is 3.73. The maximum atomic E-state index is 12.6. The van der Waals surface area contributed by atoms with Crippen molar-refractivity contribution >= 4 is 29.1 Å². The third-order valence-electron chi connectivity index (χ3n) is 4.31. The van der Waals surface area contributed by atoms with Crippen molar-refractivity contribution in [3.8, 4) is 11.1 Å². The number of ether oxygens (including phenoxy) is 2. The van der Waals surface area contributed by atoms with Gasteiger partial charge in [-0.25, -0.2) is 14.6 Å². The molecule has 2 aromatic carbocycles. The molecule has 7 heteroatoms. The molecule has 3 aromatic rings. The zero-order chi connectivity index (χ0) is 19.7. The summed E-state index contributed by atoms with van der Waals surface area (Å²) in [6, 6.07) is 12.3. The minimum Gasteiger partial charge on any atom is -0.461 e. The number of thiazole rings is 1. The van der Waals surface area contributed by atoms with Gasteiger partial charge in [-0.1, -0.05) is 30.3 Å². The second-order valence-electron chi connectivity index (χ2n) is 6.08. The quantitative estimate of drug-likeness (QED) is 0.479. The molecule has 0 spiro atoms. The Morgan fingerprint density at radius 2 is 1.71 bits per heavy atom. The normalized spacial score (nSPS) is 11.7. The van der Waals surface area contributed by atoms with Crippen LogP contribution >= 0.6 is 11.3 Å². The van der Waals surface area contributed by atoms with Crippen molar-refractivity contribution in [1.82, 2.24) is 4.98 Å². The van der Waals surface area contributed by atoms with Crippen molar-refractivity contribution in [1.29, 1.82) is 0 Å². The van der Waals surface area contributed by atoms with E-state index in [-0.39, 0.29) is 24.0 Å². The average Bonchev–Trinajstić information content (AvgIpc) is 3.30. The smallest absolute Gasteiger partial charge is 0.367 e. The van der Waals surface area contributed by atoms with Gasteiger partial charge in [0.05, 0.1) is 17.9 Å². The Morgan fingerprint density at radius 1 is 0.964 bits per heavy atom. The summed E-state index contributed by atoms with van der Waals surface area (Å²) in [4.78, 5) is 40.7. The Labute approximate surface area is 164 Å². The number of nitrogens with zero attached hydrogens (tertiary/aromatic N) is 1. The number of rotatable bonds is 5. The van der Waals surface area contributed by atoms with Crippen LogP contribution in [0.15, 0.2) is 47.8 Å². The lowest BCUT2D eigenvalue weighted by Gasteiger charge is -2.05. The first-order valence-electron chi connectivity index (χ1n) is 8.65. The first kappa shape index (κ1) is 18.1. The van der Waals surface area contributed by atoms with E-state index >= 15 is 0 Å². The van der Waals surface area contributed by atoms with Crippen molar-refractivity contribution < 1.29 is 23.9 Å². The first-order chi connectivity index (χ1) is 13.6. The lowest BCUT2D eigenvalue weighted by Crippen LogP contribution is -2.08. The largest absolute Gasteiger partial charge is 0.461 e. The van der Waals surface area contributed by atoms with Gasteiger partial charge in [-0.05, 0) is 30.2 Å². The molecule has 1 aliphatic rings. The fourth-order valence-electron chi connectivity index (χ4n) is 3.04. The molecule has 0 amide bonds. The number of hydrogen-bond donors (Lipinski definition) is 0. The second-order valence-corrected chi connectivity index (χ2v) is 6.93. The molecule has 28 heavy (non-hydrogen) atoms. The van der Waals surface area contributed by atoms with Crippen molar-refractivity contribution in [2.75, 3.05) is 6.61 Å². The maximum Gasteiger partial charge on any atom is 0.367 e. The lowest BCUT2D eigenvalue weighted by atomic mass is 10.0. The van der Waals surface area contributed by atoms with Gasteiger partial charge in [0, 0.05) is 16.5 Å². The molecule has 0 fully saturated rings. The van der Waals surface area contributed by atoms with Gasteiger partial charge >= 0.3 is 11.9 Å². The van der Waals surface area contributed by atoms with Crippen LogP contribution in [0.2, 0.25) is 0 Å². The molecule has 140 valence electrons. The standard InChI is InChI=1S/C21H15NO5S/c1-2-26-21(25)19-22-13(11-28-19)10-27-20(24)12-7-8-15-14-5-3-4-6-16(14)18(23)17(15)9-12/h3-9,11H,2,10H2,1H3. The summed E-state index contributed by atoms with van der Waals surface area (Å²) < 4.78 is 10.2. The highest BCUT2D eigenvalue weighted by Gasteiger charge is 2.27. The van der Waals surface area contributed by atoms with Crippen LogP contribution in [0.4, 0.5) is 0 Å². The van der Waals surface area contributed by atoms with Gasteiger partial charge in [0.15, 0.2) is 5.78 Å². The van der Waals surface area contributed by atoms with Crippen LogP contribution in [0, 0.1) is 0 Å². The van der Waals surface area contributed by atoms with Gasteiger partial charge < -0.3 is 9.47 Å². The van der Waals surface area contributed by atoms with Crippen LogP contribution in [0.3, 0.4) is 0 Å². The number of esters is 2. The van der Waals surface area contributed by atoms with Gasteiger partial charge in [0.1, 0.15) is 6.61 Å². The predicted molar refractivity (Wildman–Crippen MR) is 103 cm³/mol.